The van der Waals surface area contributed by atoms with E-state index in [0.717, 1.165) is 10.9 Å². The lowest BCUT2D eigenvalue weighted by Crippen LogP contribution is -2.76. The summed E-state index contributed by atoms with van der Waals surface area (Å²) >= 11 is 0. The Labute approximate surface area is 171 Å². The van der Waals surface area contributed by atoms with Crippen molar-refractivity contribution >= 4 is 36.5 Å². The normalized spacial score (nSPS) is 13.6. The van der Waals surface area contributed by atoms with Crippen molar-refractivity contribution < 1.29 is 14.4 Å². The van der Waals surface area contributed by atoms with Crippen molar-refractivity contribution in [2.45, 2.75) is 0 Å². The van der Waals surface area contributed by atoms with Crippen LogP contribution in [0.15, 0.2) is 103 Å². The molecule has 1 aliphatic heterocycles. The van der Waals surface area contributed by atoms with Crippen molar-refractivity contribution in [3.63, 3.8) is 0 Å². The molecular formula is C24H18BO3Si. The molecule has 0 atom stereocenters. The van der Waals surface area contributed by atoms with E-state index in [-0.39, 0.29) is 0 Å². The van der Waals surface area contributed by atoms with Crippen LogP contribution in [0.5, 0.6) is 17.2 Å². The molecule has 1 N–H and O–H groups in total. The fraction of sp³-hybridized carbons (Fsp3) is 0. The first-order valence-electron chi connectivity index (χ1n) is 9.50. The number of rotatable bonds is 4. The maximum atomic E-state index is 9.29. The molecule has 0 saturated carbocycles. The second kappa shape index (κ2) is 7.28. The topological polar surface area (TPSA) is 38.7 Å². The highest BCUT2D eigenvalue weighted by atomic mass is 28.3. The minimum atomic E-state index is -2.64. The second-order valence-electron chi connectivity index (χ2n) is 6.94. The third kappa shape index (κ3) is 2.70. The molecule has 4 aromatic rings. The highest BCUT2D eigenvalue weighted by Crippen LogP contribution is 2.35. The van der Waals surface area contributed by atoms with E-state index in [0.29, 0.717) is 19.2 Å². The van der Waals surface area contributed by atoms with Crippen LogP contribution in [-0.4, -0.2) is 20.8 Å². The molecule has 0 aromatic heterocycles. The SMILES string of the molecule is O[B]Oc1cccc2c1Oc1ccccc1[Si]2(c1ccccc1)c1ccccc1. The molecule has 1 radical (unpaired) electrons. The Bertz CT molecular complexity index is 1110. The van der Waals surface area contributed by atoms with Crippen molar-refractivity contribution in [3.05, 3.63) is 103 Å². The van der Waals surface area contributed by atoms with E-state index >= 15 is 0 Å². The molecule has 0 aliphatic carbocycles. The summed E-state index contributed by atoms with van der Waals surface area (Å²) in [7, 11) is -1.94. The summed E-state index contributed by atoms with van der Waals surface area (Å²) < 4.78 is 11.8. The number of hydrogen-bond acceptors (Lipinski definition) is 3. The fourth-order valence-corrected chi connectivity index (χ4v) is 9.32. The average Bonchev–Trinajstić information content (AvgIpc) is 2.79. The third-order valence-electron chi connectivity index (χ3n) is 5.48. The maximum absolute atomic E-state index is 9.29. The Morgan fingerprint density at radius 1 is 0.655 bits per heavy atom. The molecule has 4 aromatic carbocycles. The lowest BCUT2D eigenvalue weighted by molar-refractivity contribution is 0.418. The Morgan fingerprint density at radius 2 is 1.24 bits per heavy atom. The summed E-state index contributed by atoms with van der Waals surface area (Å²) in [6, 6.07) is 35.4. The van der Waals surface area contributed by atoms with Crippen LogP contribution in [0.1, 0.15) is 0 Å². The van der Waals surface area contributed by atoms with Gasteiger partial charge in [-0.25, -0.2) is 0 Å². The number of benzene rings is 4. The summed E-state index contributed by atoms with van der Waals surface area (Å²) in [6.45, 7) is 0. The molecule has 0 unspecified atom stereocenters. The minimum Gasteiger partial charge on any atom is -0.535 e. The Hall–Kier alpha value is -3.28. The van der Waals surface area contributed by atoms with E-state index in [1.807, 2.05) is 36.4 Å². The zero-order chi connectivity index (χ0) is 19.7. The van der Waals surface area contributed by atoms with Gasteiger partial charge in [0.2, 0.25) is 0 Å². The fourth-order valence-electron chi connectivity index (χ4n) is 4.35. The van der Waals surface area contributed by atoms with Gasteiger partial charge in [-0.15, -0.1) is 0 Å². The minimum absolute atomic E-state index is 0.503. The number of hydrogen-bond donors (Lipinski definition) is 1. The summed E-state index contributed by atoms with van der Waals surface area (Å²) in [6.07, 6.45) is 0. The Kier molecular flexibility index (Phi) is 4.47. The molecule has 0 saturated heterocycles. The van der Waals surface area contributed by atoms with Crippen LogP contribution < -0.4 is 30.1 Å². The lowest BCUT2D eigenvalue weighted by atomic mass is 10.2. The number of ether oxygens (including phenoxy) is 1. The van der Waals surface area contributed by atoms with Gasteiger partial charge in [0.15, 0.2) is 13.8 Å². The van der Waals surface area contributed by atoms with Crippen molar-refractivity contribution in [1.82, 2.24) is 0 Å². The monoisotopic (exact) mass is 393 g/mol. The molecule has 0 amide bonds. The highest BCUT2D eigenvalue weighted by Gasteiger charge is 2.48. The first-order chi connectivity index (χ1) is 14.4. The van der Waals surface area contributed by atoms with Crippen LogP contribution in [0.3, 0.4) is 0 Å². The van der Waals surface area contributed by atoms with E-state index in [9.17, 15) is 5.02 Å². The van der Waals surface area contributed by atoms with Crippen LogP contribution in [0, 0.1) is 0 Å². The molecule has 1 heterocycles. The molecule has 29 heavy (non-hydrogen) atoms. The van der Waals surface area contributed by atoms with Gasteiger partial charge in [-0.1, -0.05) is 91.0 Å². The van der Waals surface area contributed by atoms with Crippen LogP contribution in [0.4, 0.5) is 0 Å². The van der Waals surface area contributed by atoms with Gasteiger partial charge in [-0.2, -0.15) is 0 Å². The van der Waals surface area contributed by atoms with Crippen molar-refractivity contribution in [3.8, 4) is 17.2 Å². The first-order valence-corrected chi connectivity index (χ1v) is 11.5. The van der Waals surface area contributed by atoms with Crippen LogP contribution in [0.2, 0.25) is 0 Å². The Balaban J connectivity index is 1.94. The van der Waals surface area contributed by atoms with Gasteiger partial charge in [0.05, 0.1) is 0 Å². The maximum Gasteiger partial charge on any atom is 0.569 e. The standard InChI is InChI=1S/C24H18BO3Si/c26-25-28-21-15-9-17-23-24(21)27-20-14-7-8-16-22(20)29(23,18-10-3-1-4-11-18)19-12-5-2-6-13-19/h1-17,26H. The first kappa shape index (κ1) is 17.8. The summed E-state index contributed by atoms with van der Waals surface area (Å²) in [4.78, 5) is 0. The molecule has 0 spiro atoms. The largest absolute Gasteiger partial charge is 0.569 e. The van der Waals surface area contributed by atoms with Gasteiger partial charge in [0.25, 0.3) is 0 Å². The van der Waals surface area contributed by atoms with E-state index in [1.165, 1.54) is 15.6 Å². The van der Waals surface area contributed by atoms with Gasteiger partial charge in [-0.05, 0) is 27.7 Å². The third-order valence-corrected chi connectivity index (χ3v) is 10.3. The Morgan fingerprint density at radius 3 is 1.90 bits per heavy atom. The highest BCUT2D eigenvalue weighted by molar-refractivity contribution is 7.20. The zero-order valence-corrected chi connectivity index (χ0v) is 16.7. The van der Waals surface area contributed by atoms with Gasteiger partial charge < -0.3 is 14.4 Å². The molecule has 5 heteroatoms. The van der Waals surface area contributed by atoms with Crippen LogP contribution in [-0.2, 0) is 0 Å². The van der Waals surface area contributed by atoms with Crippen molar-refractivity contribution in [2.75, 3.05) is 0 Å². The summed E-state index contributed by atoms with van der Waals surface area (Å²) in [5, 5.41) is 14.1. The zero-order valence-electron chi connectivity index (χ0n) is 15.7. The molecular weight excluding hydrogens is 375 g/mol. The smallest absolute Gasteiger partial charge is 0.535 e. The van der Waals surface area contributed by atoms with Crippen molar-refractivity contribution in [2.24, 2.45) is 0 Å². The van der Waals surface area contributed by atoms with E-state index in [4.69, 9.17) is 9.39 Å². The van der Waals surface area contributed by atoms with Crippen molar-refractivity contribution in [1.29, 1.82) is 0 Å². The molecule has 0 fully saturated rings. The van der Waals surface area contributed by atoms with E-state index in [1.54, 1.807) is 0 Å². The average molecular weight is 393 g/mol. The molecule has 1 aliphatic rings. The molecule has 5 rings (SSSR count). The van der Waals surface area contributed by atoms with Gasteiger partial charge in [0.1, 0.15) is 11.5 Å². The molecule has 139 valence electrons. The number of fused-ring (bicyclic) bond motifs is 2. The summed E-state index contributed by atoms with van der Waals surface area (Å²) in [5.74, 6) is 1.99. The molecule has 0 bridgehead atoms. The van der Waals surface area contributed by atoms with E-state index < -0.39 is 8.07 Å². The van der Waals surface area contributed by atoms with E-state index in [2.05, 4.69) is 66.7 Å². The van der Waals surface area contributed by atoms with Gasteiger partial charge >= 0.3 is 7.69 Å². The summed E-state index contributed by atoms with van der Waals surface area (Å²) in [5.41, 5.74) is 0. The predicted octanol–water partition coefficient (Wildman–Crippen LogP) is 2.08. The lowest BCUT2D eigenvalue weighted by Gasteiger charge is -2.39. The predicted molar refractivity (Wildman–Crippen MR) is 119 cm³/mol. The second-order valence-corrected chi connectivity index (χ2v) is 10.7. The quantitative estimate of drug-likeness (QED) is 0.476. The number of para-hydroxylation sites is 2. The van der Waals surface area contributed by atoms with Gasteiger partial charge in [-0.3, -0.25) is 0 Å². The van der Waals surface area contributed by atoms with Gasteiger partial charge in [0, 0.05) is 5.19 Å². The molecule has 3 nitrogen and oxygen atoms in total. The van der Waals surface area contributed by atoms with Crippen LogP contribution in [0.25, 0.3) is 0 Å². The van der Waals surface area contributed by atoms with Crippen LogP contribution >= 0.6 is 0 Å².